The Morgan fingerprint density at radius 1 is 1.21 bits per heavy atom. The minimum absolute atomic E-state index is 0.0854. The van der Waals surface area contributed by atoms with Gasteiger partial charge in [-0.3, -0.25) is 4.79 Å². The molecule has 3 heteroatoms. The Morgan fingerprint density at radius 2 is 2.00 bits per heavy atom. The number of hydrogen-bond donors (Lipinski definition) is 0. The molecule has 0 radical (unpaired) electrons. The molecule has 0 aromatic carbocycles. The first-order valence-electron chi connectivity index (χ1n) is 11.6. The van der Waals surface area contributed by atoms with Gasteiger partial charge in [-0.25, -0.2) is 0 Å². The fourth-order valence-electron chi connectivity index (χ4n) is 8.25. The molecule has 0 saturated heterocycles. The molecule has 4 unspecified atom stereocenters. The van der Waals surface area contributed by atoms with Crippen LogP contribution in [0.2, 0.25) is 0 Å². The molecule has 4 rings (SSSR count). The lowest BCUT2D eigenvalue weighted by Crippen LogP contribution is -2.51. The zero-order chi connectivity index (χ0) is 20.1. The van der Waals surface area contributed by atoms with Gasteiger partial charge in [-0.2, -0.15) is 0 Å². The summed E-state index contributed by atoms with van der Waals surface area (Å²) in [4.78, 5) is 22.5. The molecule has 0 aliphatic heterocycles. The number of aldehydes is 1. The topological polar surface area (TPSA) is 43.4 Å². The number of carbonyl (C=O) groups excluding carboxylic acids is 2. The number of hydrogen-bond acceptors (Lipinski definition) is 3. The SMILES string of the molecule is CC(=O)O[C@H]1CC[C@@]2(C)C(=CCC3C2CC[C@@]2(C)C3CC[C@@H]2C(C)CC=O)C1. The highest BCUT2D eigenvalue weighted by atomic mass is 16.5. The summed E-state index contributed by atoms with van der Waals surface area (Å²) in [5.74, 6) is 3.48. The van der Waals surface area contributed by atoms with E-state index in [1.54, 1.807) is 5.57 Å². The summed E-state index contributed by atoms with van der Waals surface area (Å²) in [6.07, 6.45) is 14.1. The fourth-order valence-corrected chi connectivity index (χ4v) is 8.25. The van der Waals surface area contributed by atoms with Crippen molar-refractivity contribution >= 4 is 12.3 Å². The monoisotopic (exact) mass is 386 g/mol. The highest BCUT2D eigenvalue weighted by Crippen LogP contribution is 2.67. The Kier molecular flexibility index (Phi) is 5.25. The maximum Gasteiger partial charge on any atom is 0.302 e. The number of allylic oxidation sites excluding steroid dienone is 1. The number of rotatable bonds is 4. The Labute approximate surface area is 170 Å². The summed E-state index contributed by atoms with van der Waals surface area (Å²) < 4.78 is 5.56. The van der Waals surface area contributed by atoms with Gasteiger partial charge in [-0.1, -0.05) is 32.4 Å². The van der Waals surface area contributed by atoms with Gasteiger partial charge in [0, 0.05) is 19.8 Å². The van der Waals surface area contributed by atoms with Gasteiger partial charge in [-0.15, -0.1) is 0 Å². The third-order valence-electron chi connectivity index (χ3n) is 9.62. The summed E-state index contributed by atoms with van der Waals surface area (Å²) in [5.41, 5.74) is 2.28. The average Bonchev–Trinajstić information content (AvgIpc) is 2.99. The molecule has 0 N–H and O–H groups in total. The second-order valence-electron chi connectivity index (χ2n) is 10.8. The summed E-state index contributed by atoms with van der Waals surface area (Å²) in [7, 11) is 0. The average molecular weight is 387 g/mol. The van der Waals surface area contributed by atoms with Gasteiger partial charge < -0.3 is 9.53 Å². The first-order valence-corrected chi connectivity index (χ1v) is 11.6. The van der Waals surface area contributed by atoms with Gasteiger partial charge in [0.25, 0.3) is 0 Å². The molecular weight excluding hydrogens is 348 g/mol. The molecule has 0 aromatic rings. The Bertz CT molecular complexity index is 667. The molecule has 0 amide bonds. The van der Waals surface area contributed by atoms with Crippen LogP contribution in [-0.4, -0.2) is 18.4 Å². The zero-order valence-electron chi connectivity index (χ0n) is 18.2. The largest absolute Gasteiger partial charge is 0.462 e. The molecule has 3 saturated carbocycles. The first kappa shape index (κ1) is 20.2. The standard InChI is InChI=1S/C25H38O3/c1-16(11-14-26)21-7-8-22-20-6-5-18-15-19(28-17(2)27)9-12-24(18,3)23(20)10-13-25(21,22)4/h5,14,16,19-23H,6-13,15H2,1-4H3/t16?,19-,20?,21+,22?,23?,24-,25+/m0/s1. The van der Waals surface area contributed by atoms with E-state index in [9.17, 15) is 9.59 Å². The summed E-state index contributed by atoms with van der Waals surface area (Å²) in [6, 6.07) is 0. The van der Waals surface area contributed by atoms with E-state index in [0.717, 1.165) is 49.7 Å². The Morgan fingerprint density at radius 3 is 2.71 bits per heavy atom. The molecule has 156 valence electrons. The fraction of sp³-hybridized carbons (Fsp3) is 0.840. The van der Waals surface area contributed by atoms with E-state index < -0.39 is 0 Å². The lowest BCUT2D eigenvalue weighted by atomic mass is 9.47. The van der Waals surface area contributed by atoms with E-state index in [4.69, 9.17) is 4.74 Å². The molecule has 0 bridgehead atoms. The second kappa shape index (κ2) is 7.29. The summed E-state index contributed by atoms with van der Waals surface area (Å²) in [6.45, 7) is 8.88. The predicted molar refractivity (Wildman–Crippen MR) is 111 cm³/mol. The van der Waals surface area contributed by atoms with Crippen LogP contribution in [0.5, 0.6) is 0 Å². The summed E-state index contributed by atoms with van der Waals surface area (Å²) in [5, 5.41) is 0. The van der Waals surface area contributed by atoms with Crippen molar-refractivity contribution in [1.29, 1.82) is 0 Å². The quantitative estimate of drug-likeness (QED) is 0.352. The minimum atomic E-state index is -0.141. The molecule has 8 atom stereocenters. The van der Waals surface area contributed by atoms with Gasteiger partial charge in [0.15, 0.2) is 0 Å². The van der Waals surface area contributed by atoms with E-state index in [2.05, 4.69) is 26.8 Å². The third kappa shape index (κ3) is 3.08. The molecule has 28 heavy (non-hydrogen) atoms. The van der Waals surface area contributed by atoms with Gasteiger partial charge >= 0.3 is 5.97 Å². The van der Waals surface area contributed by atoms with Crippen molar-refractivity contribution < 1.29 is 14.3 Å². The molecular formula is C25H38O3. The lowest BCUT2D eigenvalue weighted by Gasteiger charge is -2.58. The molecule has 0 aromatic heterocycles. The predicted octanol–water partition coefficient (Wildman–Crippen LogP) is 5.72. The van der Waals surface area contributed by atoms with E-state index >= 15 is 0 Å². The number of esters is 1. The maximum atomic E-state index is 11.4. The van der Waals surface area contributed by atoms with Crippen LogP contribution < -0.4 is 0 Å². The van der Waals surface area contributed by atoms with Crippen molar-refractivity contribution in [2.24, 2.45) is 40.4 Å². The molecule has 4 aliphatic carbocycles. The van der Waals surface area contributed by atoms with E-state index in [0.29, 0.717) is 22.7 Å². The van der Waals surface area contributed by atoms with Crippen LogP contribution in [0, 0.1) is 40.4 Å². The second-order valence-corrected chi connectivity index (χ2v) is 10.8. The smallest absolute Gasteiger partial charge is 0.302 e. The van der Waals surface area contributed by atoms with E-state index in [-0.39, 0.29) is 12.1 Å². The van der Waals surface area contributed by atoms with E-state index in [1.165, 1.54) is 39.0 Å². The minimum Gasteiger partial charge on any atom is -0.462 e. The normalized spacial score (nSPS) is 45.9. The molecule has 4 aliphatic rings. The van der Waals surface area contributed by atoms with Crippen molar-refractivity contribution in [3.8, 4) is 0 Å². The number of fused-ring (bicyclic) bond motifs is 5. The number of ether oxygens (including phenoxy) is 1. The van der Waals surface area contributed by atoms with Crippen molar-refractivity contribution in [2.45, 2.75) is 91.6 Å². The van der Waals surface area contributed by atoms with Gasteiger partial charge in [0.2, 0.25) is 0 Å². The van der Waals surface area contributed by atoms with Crippen molar-refractivity contribution in [3.05, 3.63) is 11.6 Å². The van der Waals surface area contributed by atoms with Crippen molar-refractivity contribution in [1.82, 2.24) is 0 Å². The van der Waals surface area contributed by atoms with Crippen LogP contribution >= 0.6 is 0 Å². The lowest BCUT2D eigenvalue weighted by molar-refractivity contribution is -0.148. The van der Waals surface area contributed by atoms with Crippen LogP contribution in [0.3, 0.4) is 0 Å². The Hall–Kier alpha value is -1.12. The Balaban J connectivity index is 1.55. The third-order valence-corrected chi connectivity index (χ3v) is 9.62. The molecule has 0 heterocycles. The van der Waals surface area contributed by atoms with E-state index in [1.807, 2.05) is 0 Å². The van der Waals surface area contributed by atoms with Crippen LogP contribution in [0.25, 0.3) is 0 Å². The van der Waals surface area contributed by atoms with Crippen molar-refractivity contribution in [3.63, 3.8) is 0 Å². The van der Waals surface area contributed by atoms with Crippen LogP contribution in [0.4, 0.5) is 0 Å². The molecule has 3 fully saturated rings. The van der Waals surface area contributed by atoms with Crippen molar-refractivity contribution in [2.75, 3.05) is 0 Å². The van der Waals surface area contributed by atoms with Gasteiger partial charge in [0.05, 0.1) is 0 Å². The first-order chi connectivity index (χ1) is 13.3. The highest BCUT2D eigenvalue weighted by Gasteiger charge is 2.59. The van der Waals surface area contributed by atoms with Gasteiger partial charge in [-0.05, 0) is 85.4 Å². The summed E-state index contributed by atoms with van der Waals surface area (Å²) >= 11 is 0. The zero-order valence-corrected chi connectivity index (χ0v) is 18.2. The molecule has 3 nitrogen and oxygen atoms in total. The van der Waals surface area contributed by atoms with Crippen LogP contribution in [0.15, 0.2) is 11.6 Å². The van der Waals surface area contributed by atoms with Crippen LogP contribution in [0.1, 0.15) is 85.5 Å². The maximum absolute atomic E-state index is 11.4. The number of carbonyl (C=O) groups is 2. The molecule has 0 spiro atoms. The highest BCUT2D eigenvalue weighted by molar-refractivity contribution is 5.66. The van der Waals surface area contributed by atoms with Crippen LogP contribution in [-0.2, 0) is 14.3 Å². The van der Waals surface area contributed by atoms with Gasteiger partial charge in [0.1, 0.15) is 12.4 Å².